The minimum atomic E-state index is -0.706. The highest BCUT2D eigenvalue weighted by Crippen LogP contribution is 2.45. The second kappa shape index (κ2) is 11.1. The number of benzene rings is 1. The van der Waals surface area contributed by atoms with E-state index in [-0.39, 0.29) is 42.8 Å². The number of aliphatic hydroxyl groups is 1. The summed E-state index contributed by atoms with van der Waals surface area (Å²) in [6.07, 6.45) is 4.39. The molecule has 0 amide bonds. The molecule has 0 radical (unpaired) electrons. The summed E-state index contributed by atoms with van der Waals surface area (Å²) in [7, 11) is 0. The van der Waals surface area contributed by atoms with E-state index in [0.29, 0.717) is 19.4 Å². The van der Waals surface area contributed by atoms with Crippen LogP contribution in [0, 0.1) is 11.2 Å². The fraction of sp³-hybridized carbons (Fsp3) is 0.538. The van der Waals surface area contributed by atoms with Crippen molar-refractivity contribution in [1.82, 2.24) is 0 Å². The number of hydrogen-bond acceptors (Lipinski definition) is 6. The Balaban J connectivity index is 1.85. The summed E-state index contributed by atoms with van der Waals surface area (Å²) in [6.45, 7) is 6.61. The molecule has 0 aromatic heterocycles. The van der Waals surface area contributed by atoms with Crippen molar-refractivity contribution in [2.24, 2.45) is 5.41 Å². The van der Waals surface area contributed by atoms with Crippen molar-refractivity contribution < 1.29 is 33.3 Å². The summed E-state index contributed by atoms with van der Waals surface area (Å²) in [6, 6.07) is 6.36. The molecular formula is C26H33FO6. The van der Waals surface area contributed by atoms with Crippen LogP contribution >= 0.6 is 0 Å². The maximum atomic E-state index is 13.6. The van der Waals surface area contributed by atoms with Crippen molar-refractivity contribution >= 4 is 17.5 Å². The third-order valence-corrected chi connectivity index (χ3v) is 6.05. The molecule has 1 aromatic carbocycles. The Hall–Kier alpha value is -2.51. The number of rotatable bonds is 8. The molecule has 1 aliphatic heterocycles. The normalized spacial score (nSPS) is 25.2. The molecule has 0 spiro atoms. The number of esters is 2. The first-order chi connectivity index (χ1) is 15.7. The Morgan fingerprint density at radius 3 is 2.67 bits per heavy atom. The number of carbonyl (C=O) groups is 2. The monoisotopic (exact) mass is 460 g/mol. The number of allylic oxidation sites excluding steroid dienone is 2. The van der Waals surface area contributed by atoms with Gasteiger partial charge in [-0.15, -0.1) is 0 Å². The van der Waals surface area contributed by atoms with Gasteiger partial charge in [0.2, 0.25) is 0 Å². The van der Waals surface area contributed by atoms with Crippen molar-refractivity contribution in [1.29, 1.82) is 0 Å². The van der Waals surface area contributed by atoms with Crippen LogP contribution in [-0.2, 0) is 23.8 Å². The number of halogens is 1. The van der Waals surface area contributed by atoms with Gasteiger partial charge in [-0.2, -0.15) is 0 Å². The lowest BCUT2D eigenvalue weighted by molar-refractivity contribution is -0.156. The van der Waals surface area contributed by atoms with Crippen LogP contribution < -0.4 is 0 Å². The number of cyclic esters (lactones) is 1. The SMILES string of the molecule is CCOC(=O)CCOC1CC(c2ccc(F)cc2)=C(/C=C/[C@H]2C[C@H](O)CC(=O)O2)C(C)(C)C1. The minimum Gasteiger partial charge on any atom is -0.466 e. The van der Waals surface area contributed by atoms with Crippen LogP contribution in [0.5, 0.6) is 0 Å². The van der Waals surface area contributed by atoms with Crippen LogP contribution in [0.2, 0.25) is 0 Å². The standard InChI is InChI=1S/C26H33FO6/c1-4-31-24(29)11-12-32-21-15-22(17-5-7-18(27)8-6-17)23(26(2,3)16-21)10-9-20-13-19(28)14-25(30)33-20/h5-10,19-21,28H,4,11-16H2,1-3H3/b10-9+/t19-,20-,21?/m0/s1. The Labute approximate surface area is 194 Å². The second-order valence-corrected chi connectivity index (χ2v) is 9.22. The molecule has 2 aliphatic rings. The molecule has 3 rings (SSSR count). The van der Waals surface area contributed by atoms with Crippen molar-refractivity contribution in [3.05, 3.63) is 53.4 Å². The molecule has 6 nitrogen and oxygen atoms in total. The average Bonchev–Trinajstić information content (AvgIpc) is 2.72. The van der Waals surface area contributed by atoms with E-state index >= 15 is 0 Å². The molecule has 1 aliphatic carbocycles. The highest BCUT2D eigenvalue weighted by molar-refractivity contribution is 5.74. The lowest BCUT2D eigenvalue weighted by Gasteiger charge is -2.39. The third-order valence-electron chi connectivity index (χ3n) is 6.05. The van der Waals surface area contributed by atoms with Gasteiger partial charge < -0.3 is 19.3 Å². The number of carbonyl (C=O) groups excluding carboxylic acids is 2. The van der Waals surface area contributed by atoms with Gasteiger partial charge in [0, 0.05) is 6.42 Å². The van der Waals surface area contributed by atoms with Gasteiger partial charge in [0.1, 0.15) is 11.9 Å². The van der Waals surface area contributed by atoms with Gasteiger partial charge in [0.25, 0.3) is 0 Å². The molecule has 0 bridgehead atoms. The Morgan fingerprint density at radius 2 is 2.00 bits per heavy atom. The van der Waals surface area contributed by atoms with E-state index in [4.69, 9.17) is 14.2 Å². The highest BCUT2D eigenvalue weighted by atomic mass is 19.1. The van der Waals surface area contributed by atoms with Gasteiger partial charge in [-0.1, -0.05) is 32.1 Å². The molecule has 1 heterocycles. The van der Waals surface area contributed by atoms with Crippen LogP contribution in [0.15, 0.2) is 42.0 Å². The largest absolute Gasteiger partial charge is 0.466 e. The summed E-state index contributed by atoms with van der Waals surface area (Å²) in [5.74, 6) is -0.999. The zero-order valence-electron chi connectivity index (χ0n) is 19.5. The second-order valence-electron chi connectivity index (χ2n) is 9.22. The molecule has 1 aromatic rings. The average molecular weight is 461 g/mol. The Bertz CT molecular complexity index is 902. The van der Waals surface area contributed by atoms with Crippen LogP contribution in [0.4, 0.5) is 4.39 Å². The number of hydrogen-bond donors (Lipinski definition) is 1. The summed E-state index contributed by atoms with van der Waals surface area (Å²) in [5, 5.41) is 9.90. The molecule has 33 heavy (non-hydrogen) atoms. The summed E-state index contributed by atoms with van der Waals surface area (Å²) in [5.41, 5.74) is 2.68. The zero-order chi connectivity index (χ0) is 24.0. The van der Waals surface area contributed by atoms with E-state index in [1.54, 1.807) is 19.1 Å². The summed E-state index contributed by atoms with van der Waals surface area (Å²) < 4.78 is 30.0. The summed E-state index contributed by atoms with van der Waals surface area (Å²) in [4.78, 5) is 23.4. The van der Waals surface area contributed by atoms with Crippen molar-refractivity contribution in [3.63, 3.8) is 0 Å². The molecule has 3 atom stereocenters. The number of ether oxygens (including phenoxy) is 3. The third kappa shape index (κ3) is 6.98. The topological polar surface area (TPSA) is 82.1 Å². The fourth-order valence-electron chi connectivity index (χ4n) is 4.54. The zero-order valence-corrected chi connectivity index (χ0v) is 19.5. The van der Waals surface area contributed by atoms with Crippen LogP contribution in [0.1, 0.15) is 58.4 Å². The predicted octanol–water partition coefficient (Wildman–Crippen LogP) is 4.36. The Morgan fingerprint density at radius 1 is 1.27 bits per heavy atom. The lowest BCUT2D eigenvalue weighted by Crippen LogP contribution is -2.32. The van der Waals surface area contributed by atoms with Crippen molar-refractivity contribution in [2.45, 2.75) is 71.2 Å². The Kier molecular flexibility index (Phi) is 8.43. The molecule has 180 valence electrons. The predicted molar refractivity (Wildman–Crippen MR) is 122 cm³/mol. The highest BCUT2D eigenvalue weighted by Gasteiger charge is 2.35. The van der Waals surface area contributed by atoms with Gasteiger partial charge in [0.15, 0.2) is 0 Å². The van der Waals surface area contributed by atoms with Gasteiger partial charge in [0.05, 0.1) is 38.3 Å². The summed E-state index contributed by atoms with van der Waals surface area (Å²) >= 11 is 0. The number of aliphatic hydroxyl groups excluding tert-OH is 1. The maximum absolute atomic E-state index is 13.6. The van der Waals surface area contributed by atoms with Gasteiger partial charge >= 0.3 is 11.9 Å². The quantitative estimate of drug-likeness (QED) is 0.581. The first-order valence-corrected chi connectivity index (χ1v) is 11.5. The van der Waals surface area contributed by atoms with Gasteiger partial charge in [-0.05, 0) is 60.1 Å². The maximum Gasteiger partial charge on any atom is 0.309 e. The van der Waals surface area contributed by atoms with Gasteiger partial charge in [-0.3, -0.25) is 9.59 Å². The van der Waals surface area contributed by atoms with E-state index in [1.807, 2.05) is 12.2 Å². The molecule has 1 saturated heterocycles. The molecule has 0 saturated carbocycles. The van der Waals surface area contributed by atoms with E-state index in [2.05, 4.69) is 13.8 Å². The first-order valence-electron chi connectivity index (χ1n) is 11.5. The molecule has 1 unspecified atom stereocenters. The van der Waals surface area contributed by atoms with Crippen LogP contribution in [0.25, 0.3) is 5.57 Å². The smallest absolute Gasteiger partial charge is 0.309 e. The van der Waals surface area contributed by atoms with E-state index in [1.165, 1.54) is 12.1 Å². The molecular weight excluding hydrogens is 427 g/mol. The first kappa shape index (κ1) is 25.1. The van der Waals surface area contributed by atoms with Crippen molar-refractivity contribution in [2.75, 3.05) is 13.2 Å². The van der Waals surface area contributed by atoms with Crippen molar-refractivity contribution in [3.8, 4) is 0 Å². The molecule has 1 fully saturated rings. The van der Waals surface area contributed by atoms with Crippen LogP contribution in [-0.4, -0.2) is 48.6 Å². The lowest BCUT2D eigenvalue weighted by atomic mass is 9.69. The molecule has 7 heteroatoms. The van der Waals surface area contributed by atoms with E-state index in [9.17, 15) is 19.1 Å². The fourth-order valence-corrected chi connectivity index (χ4v) is 4.54. The van der Waals surface area contributed by atoms with Crippen LogP contribution in [0.3, 0.4) is 0 Å². The van der Waals surface area contributed by atoms with E-state index in [0.717, 1.165) is 23.1 Å². The van der Waals surface area contributed by atoms with Gasteiger partial charge in [-0.25, -0.2) is 4.39 Å². The minimum absolute atomic E-state index is 0.0180. The van der Waals surface area contributed by atoms with E-state index < -0.39 is 18.2 Å². The molecule has 1 N–H and O–H groups in total.